The number of aryl methyl sites for hydroxylation is 1. The Morgan fingerprint density at radius 1 is 1.11 bits per heavy atom. The number of hydrogen-bond donors (Lipinski definition) is 1. The van der Waals surface area contributed by atoms with Crippen molar-refractivity contribution >= 4 is 16.8 Å². The number of nitrogens with zero attached hydrogens (tertiary/aromatic N) is 1. The molecule has 3 aromatic rings. The maximum atomic E-state index is 12.7. The number of fused-ring (bicyclic) bond motifs is 1. The molecule has 4 nitrogen and oxygen atoms in total. The van der Waals surface area contributed by atoms with Gasteiger partial charge in [0.15, 0.2) is 0 Å². The van der Waals surface area contributed by atoms with Crippen LogP contribution in [0.5, 0.6) is 5.75 Å². The molecule has 0 unspecified atom stereocenters. The number of carbonyl (C=O) groups excluding carboxylic acids is 1. The standard InChI is InChI=1S/C23H26N2O2/c1-16-23(20-5-3-4-6-21(20)24-16)18-11-13-25(14-12-18)22(26)15-17-7-9-19(27-2)10-8-17/h3-10,18,24H,11-15H2,1-2H3. The molecule has 140 valence electrons. The molecule has 0 radical (unpaired) electrons. The second-order valence-electron chi connectivity index (χ2n) is 7.39. The number of likely N-dealkylation sites (tertiary alicyclic amines) is 1. The highest BCUT2D eigenvalue weighted by atomic mass is 16.5. The maximum absolute atomic E-state index is 12.7. The van der Waals surface area contributed by atoms with Crippen LogP contribution < -0.4 is 4.74 Å². The third-order valence-electron chi connectivity index (χ3n) is 5.71. The van der Waals surface area contributed by atoms with Gasteiger partial charge >= 0.3 is 0 Å². The zero-order valence-electron chi connectivity index (χ0n) is 16.0. The van der Waals surface area contributed by atoms with Crippen molar-refractivity contribution in [2.45, 2.75) is 32.1 Å². The SMILES string of the molecule is COc1ccc(CC(=O)N2CCC(c3c(C)[nH]c4ccccc34)CC2)cc1. The Morgan fingerprint density at radius 3 is 2.52 bits per heavy atom. The summed E-state index contributed by atoms with van der Waals surface area (Å²) in [5.41, 5.74) is 4.95. The van der Waals surface area contributed by atoms with Gasteiger partial charge in [-0.3, -0.25) is 4.79 Å². The van der Waals surface area contributed by atoms with Gasteiger partial charge in [0.1, 0.15) is 5.75 Å². The van der Waals surface area contributed by atoms with Crippen molar-refractivity contribution in [3.63, 3.8) is 0 Å². The summed E-state index contributed by atoms with van der Waals surface area (Å²) in [6.45, 7) is 3.83. The number of rotatable bonds is 4. The molecule has 2 heterocycles. The number of ether oxygens (including phenoxy) is 1. The van der Waals surface area contributed by atoms with E-state index in [1.807, 2.05) is 29.2 Å². The highest BCUT2D eigenvalue weighted by Gasteiger charge is 2.26. The van der Waals surface area contributed by atoms with Gasteiger partial charge < -0.3 is 14.6 Å². The molecule has 1 aromatic heterocycles. The smallest absolute Gasteiger partial charge is 0.226 e. The zero-order valence-corrected chi connectivity index (χ0v) is 16.0. The van der Waals surface area contributed by atoms with Gasteiger partial charge in [-0.15, -0.1) is 0 Å². The van der Waals surface area contributed by atoms with Gasteiger partial charge in [0.25, 0.3) is 0 Å². The van der Waals surface area contributed by atoms with Crippen LogP contribution in [0.25, 0.3) is 10.9 Å². The first kappa shape index (κ1) is 17.7. The lowest BCUT2D eigenvalue weighted by atomic mass is 9.87. The van der Waals surface area contributed by atoms with Crippen LogP contribution >= 0.6 is 0 Å². The van der Waals surface area contributed by atoms with E-state index in [9.17, 15) is 4.79 Å². The van der Waals surface area contributed by atoms with E-state index in [0.717, 1.165) is 37.2 Å². The first-order valence-corrected chi connectivity index (χ1v) is 9.63. The Bertz CT molecular complexity index is 935. The minimum absolute atomic E-state index is 0.217. The molecule has 4 heteroatoms. The topological polar surface area (TPSA) is 45.3 Å². The van der Waals surface area contributed by atoms with E-state index in [2.05, 4.69) is 36.2 Å². The fourth-order valence-electron chi connectivity index (χ4n) is 4.27. The summed E-state index contributed by atoms with van der Waals surface area (Å²) in [6, 6.07) is 16.3. The van der Waals surface area contributed by atoms with E-state index < -0.39 is 0 Å². The van der Waals surface area contributed by atoms with E-state index >= 15 is 0 Å². The fourth-order valence-corrected chi connectivity index (χ4v) is 4.27. The fraction of sp³-hybridized carbons (Fsp3) is 0.348. The van der Waals surface area contributed by atoms with Gasteiger partial charge in [-0.2, -0.15) is 0 Å². The molecule has 2 aromatic carbocycles. The highest BCUT2D eigenvalue weighted by molar-refractivity contribution is 5.85. The summed E-state index contributed by atoms with van der Waals surface area (Å²) >= 11 is 0. The second kappa shape index (κ2) is 7.47. The Labute approximate surface area is 160 Å². The van der Waals surface area contributed by atoms with Crippen molar-refractivity contribution < 1.29 is 9.53 Å². The van der Waals surface area contributed by atoms with Crippen molar-refractivity contribution in [3.05, 3.63) is 65.4 Å². The van der Waals surface area contributed by atoms with Crippen molar-refractivity contribution in [1.82, 2.24) is 9.88 Å². The number of methoxy groups -OCH3 is 1. The first-order valence-electron chi connectivity index (χ1n) is 9.63. The Hall–Kier alpha value is -2.75. The van der Waals surface area contributed by atoms with E-state index in [0.29, 0.717) is 12.3 Å². The van der Waals surface area contributed by atoms with Gasteiger partial charge in [-0.1, -0.05) is 30.3 Å². The predicted octanol–water partition coefficient (Wildman–Crippen LogP) is 4.43. The van der Waals surface area contributed by atoms with E-state index in [1.165, 1.54) is 22.2 Å². The molecular weight excluding hydrogens is 336 g/mol. The number of benzene rings is 2. The second-order valence-corrected chi connectivity index (χ2v) is 7.39. The third kappa shape index (κ3) is 3.57. The molecule has 0 saturated carbocycles. The van der Waals surface area contributed by atoms with Crippen molar-refractivity contribution in [1.29, 1.82) is 0 Å². The van der Waals surface area contributed by atoms with Gasteiger partial charge in [0, 0.05) is 29.7 Å². The molecule has 1 fully saturated rings. The number of nitrogens with one attached hydrogen (secondary N) is 1. The van der Waals surface area contributed by atoms with Gasteiger partial charge in [-0.25, -0.2) is 0 Å². The van der Waals surface area contributed by atoms with Crippen LogP contribution in [0, 0.1) is 6.92 Å². The summed E-state index contributed by atoms with van der Waals surface area (Å²) in [6.07, 6.45) is 2.51. The first-order chi connectivity index (χ1) is 13.2. The number of aromatic nitrogens is 1. The number of carbonyl (C=O) groups is 1. The average molecular weight is 362 g/mol. The van der Waals surface area contributed by atoms with E-state index in [-0.39, 0.29) is 5.91 Å². The van der Waals surface area contributed by atoms with Crippen LogP contribution in [0.4, 0.5) is 0 Å². The van der Waals surface area contributed by atoms with Crippen LogP contribution in [0.2, 0.25) is 0 Å². The van der Waals surface area contributed by atoms with Crippen LogP contribution in [-0.2, 0) is 11.2 Å². The highest BCUT2D eigenvalue weighted by Crippen LogP contribution is 2.35. The monoisotopic (exact) mass is 362 g/mol. The minimum Gasteiger partial charge on any atom is -0.497 e. The van der Waals surface area contributed by atoms with Gasteiger partial charge in [-0.05, 0) is 55.0 Å². The number of hydrogen-bond acceptors (Lipinski definition) is 2. The van der Waals surface area contributed by atoms with E-state index in [1.54, 1.807) is 7.11 Å². The van der Waals surface area contributed by atoms with Crippen LogP contribution in [-0.4, -0.2) is 36.0 Å². The lowest BCUT2D eigenvalue weighted by molar-refractivity contribution is -0.131. The Balaban J connectivity index is 1.40. The minimum atomic E-state index is 0.217. The Morgan fingerprint density at radius 2 is 1.81 bits per heavy atom. The number of aromatic amines is 1. The molecule has 1 N–H and O–H groups in total. The van der Waals surface area contributed by atoms with Crippen molar-refractivity contribution in [2.24, 2.45) is 0 Å². The average Bonchev–Trinajstić information content (AvgIpc) is 3.04. The Kier molecular flexibility index (Phi) is 4.88. The normalized spacial score (nSPS) is 15.3. The largest absolute Gasteiger partial charge is 0.497 e. The molecule has 4 rings (SSSR count). The van der Waals surface area contributed by atoms with Gasteiger partial charge in [0.05, 0.1) is 13.5 Å². The summed E-state index contributed by atoms with van der Waals surface area (Å²) < 4.78 is 5.18. The summed E-state index contributed by atoms with van der Waals surface area (Å²) in [5, 5.41) is 1.33. The van der Waals surface area contributed by atoms with Crippen molar-refractivity contribution in [3.8, 4) is 5.75 Å². The zero-order chi connectivity index (χ0) is 18.8. The molecule has 1 aliphatic rings. The van der Waals surface area contributed by atoms with Crippen LogP contribution in [0.3, 0.4) is 0 Å². The number of H-pyrrole nitrogens is 1. The molecule has 0 bridgehead atoms. The number of amides is 1. The summed E-state index contributed by atoms with van der Waals surface area (Å²) in [7, 11) is 1.65. The van der Waals surface area contributed by atoms with Crippen LogP contribution in [0.1, 0.15) is 35.6 Å². The molecular formula is C23H26N2O2. The van der Waals surface area contributed by atoms with Crippen molar-refractivity contribution in [2.75, 3.05) is 20.2 Å². The molecule has 0 spiro atoms. The predicted molar refractivity (Wildman–Crippen MR) is 108 cm³/mol. The summed E-state index contributed by atoms with van der Waals surface area (Å²) in [4.78, 5) is 18.2. The van der Waals surface area contributed by atoms with Crippen LogP contribution in [0.15, 0.2) is 48.5 Å². The molecule has 1 aliphatic heterocycles. The molecule has 1 saturated heterocycles. The lowest BCUT2D eigenvalue weighted by Gasteiger charge is -2.32. The molecule has 0 atom stereocenters. The quantitative estimate of drug-likeness (QED) is 0.746. The number of para-hydroxylation sites is 1. The van der Waals surface area contributed by atoms with E-state index in [4.69, 9.17) is 4.74 Å². The molecule has 27 heavy (non-hydrogen) atoms. The maximum Gasteiger partial charge on any atom is 0.226 e. The molecule has 0 aliphatic carbocycles. The van der Waals surface area contributed by atoms with Gasteiger partial charge in [0.2, 0.25) is 5.91 Å². The summed E-state index contributed by atoms with van der Waals surface area (Å²) in [5.74, 6) is 1.56. The lowest BCUT2D eigenvalue weighted by Crippen LogP contribution is -2.38. The number of piperidine rings is 1. The molecule has 1 amide bonds. The third-order valence-corrected chi connectivity index (χ3v) is 5.71.